The van der Waals surface area contributed by atoms with Gasteiger partial charge in [-0.25, -0.2) is 13.2 Å². The molecule has 2 atom stereocenters. The van der Waals surface area contributed by atoms with Crippen molar-refractivity contribution in [3.63, 3.8) is 0 Å². The van der Waals surface area contributed by atoms with Crippen molar-refractivity contribution in [1.82, 2.24) is 0 Å². The van der Waals surface area contributed by atoms with Gasteiger partial charge in [0.1, 0.15) is 6.29 Å². The zero-order valence-electron chi connectivity index (χ0n) is 15.5. The second-order valence-electron chi connectivity index (χ2n) is 8.39. The average Bonchev–Trinajstić information content (AvgIpc) is 2.60. The molecule has 2 aliphatic heterocycles. The van der Waals surface area contributed by atoms with Crippen LogP contribution in [0.4, 0.5) is 0 Å². The SMILES string of the molecule is CC1(C)[CH-]OC(O)C1(C)C.CC1O[CH-]C(C)(C)C1(C)C.[V].[V]. The number of aliphatic hydroxyl groups excluding tert-OH is 1. The Kier molecular flexibility index (Phi) is 9.14. The smallest absolute Gasteiger partial charge is 0.128 e. The summed E-state index contributed by atoms with van der Waals surface area (Å²) in [6, 6.07) is 0. The molecule has 2 fully saturated rings. The first-order valence-corrected chi connectivity index (χ1v) is 7.43. The summed E-state index contributed by atoms with van der Waals surface area (Å²) in [5.74, 6) is 0. The Morgan fingerprint density at radius 3 is 1.18 bits per heavy atom. The maximum atomic E-state index is 9.34. The number of aliphatic hydroxyl groups is 1. The molecule has 0 spiro atoms. The molecule has 130 valence electrons. The number of hydrogen-bond acceptors (Lipinski definition) is 3. The minimum absolute atomic E-state index is 0. The summed E-state index contributed by atoms with van der Waals surface area (Å²) in [7, 11) is 0. The first-order chi connectivity index (χ1) is 8.76. The summed E-state index contributed by atoms with van der Waals surface area (Å²) in [6.45, 7) is 22.9. The fourth-order valence-electron chi connectivity index (χ4n) is 1.99. The van der Waals surface area contributed by atoms with Crippen LogP contribution in [-0.2, 0) is 46.6 Å². The van der Waals surface area contributed by atoms with E-state index in [1.165, 1.54) is 0 Å². The van der Waals surface area contributed by atoms with E-state index in [-0.39, 0.29) is 58.8 Å². The summed E-state index contributed by atoms with van der Waals surface area (Å²) in [6.07, 6.45) is -0.301. The van der Waals surface area contributed by atoms with Crippen LogP contribution >= 0.6 is 0 Å². The Balaban J connectivity index is 0. The summed E-state index contributed by atoms with van der Waals surface area (Å²) in [4.78, 5) is 0. The predicted molar refractivity (Wildman–Crippen MR) is 81.4 cm³/mol. The minimum Gasteiger partial charge on any atom is -0.549 e. The zero-order valence-corrected chi connectivity index (χ0v) is 18.3. The Morgan fingerprint density at radius 1 is 0.727 bits per heavy atom. The third-order valence-corrected chi connectivity index (χ3v) is 6.01. The fourth-order valence-corrected chi connectivity index (χ4v) is 1.99. The number of ether oxygens (including phenoxy) is 2. The van der Waals surface area contributed by atoms with Crippen molar-refractivity contribution in [2.75, 3.05) is 0 Å². The van der Waals surface area contributed by atoms with E-state index in [4.69, 9.17) is 9.47 Å². The molecule has 0 aromatic heterocycles. The van der Waals surface area contributed by atoms with Crippen molar-refractivity contribution in [1.29, 1.82) is 0 Å². The monoisotopic (exact) mass is 386 g/mol. The first kappa shape index (κ1) is 25.3. The summed E-state index contributed by atoms with van der Waals surface area (Å²) in [5, 5.41) is 9.34. The van der Waals surface area contributed by atoms with E-state index in [1.807, 2.05) is 20.5 Å². The van der Waals surface area contributed by atoms with Crippen LogP contribution in [0.1, 0.15) is 62.3 Å². The molecule has 22 heavy (non-hydrogen) atoms. The van der Waals surface area contributed by atoms with Crippen LogP contribution in [0.25, 0.3) is 0 Å². The molecule has 0 bridgehead atoms. The zero-order chi connectivity index (χ0) is 16.0. The molecule has 2 radical (unpaired) electrons. The van der Waals surface area contributed by atoms with E-state index in [0.717, 1.165) is 0 Å². The van der Waals surface area contributed by atoms with Crippen LogP contribution in [0.5, 0.6) is 0 Å². The van der Waals surface area contributed by atoms with Crippen LogP contribution in [0.3, 0.4) is 0 Å². The van der Waals surface area contributed by atoms with Crippen molar-refractivity contribution in [2.45, 2.75) is 74.7 Å². The van der Waals surface area contributed by atoms with Crippen LogP contribution in [0.15, 0.2) is 0 Å². The van der Waals surface area contributed by atoms with E-state index in [1.54, 1.807) is 6.61 Å². The van der Waals surface area contributed by atoms with E-state index in [0.29, 0.717) is 6.10 Å². The molecular weight excluding hydrogens is 354 g/mol. The molecule has 2 unspecified atom stereocenters. The van der Waals surface area contributed by atoms with Crippen LogP contribution in [0, 0.1) is 34.9 Å². The first-order valence-electron chi connectivity index (χ1n) is 7.43. The maximum Gasteiger partial charge on any atom is 0.128 e. The summed E-state index contributed by atoms with van der Waals surface area (Å²) in [5.41, 5.74) is 0.277. The van der Waals surface area contributed by atoms with Gasteiger partial charge < -0.3 is 14.6 Å². The fraction of sp³-hybridized carbons (Fsp3) is 0.882. The normalized spacial score (nSPS) is 33.0. The molecule has 0 aromatic rings. The number of hydrogen-bond donors (Lipinski definition) is 1. The van der Waals surface area contributed by atoms with Gasteiger partial charge in [0.05, 0.1) is 0 Å². The van der Waals surface area contributed by atoms with Gasteiger partial charge in [0.25, 0.3) is 0 Å². The molecule has 0 aliphatic carbocycles. The second-order valence-corrected chi connectivity index (χ2v) is 8.39. The van der Waals surface area contributed by atoms with E-state index < -0.39 is 6.29 Å². The van der Waals surface area contributed by atoms with Crippen molar-refractivity contribution in [2.24, 2.45) is 21.7 Å². The molecule has 2 heterocycles. The Morgan fingerprint density at radius 2 is 1.09 bits per heavy atom. The molecule has 5 heteroatoms. The van der Waals surface area contributed by atoms with Gasteiger partial charge >= 0.3 is 0 Å². The third kappa shape index (κ3) is 4.57. The quantitative estimate of drug-likeness (QED) is 0.636. The summed E-state index contributed by atoms with van der Waals surface area (Å²) < 4.78 is 10.5. The van der Waals surface area contributed by atoms with E-state index >= 15 is 0 Å². The molecule has 2 rings (SSSR count). The van der Waals surface area contributed by atoms with Gasteiger partial charge in [0.15, 0.2) is 0 Å². The topological polar surface area (TPSA) is 38.7 Å². The third-order valence-electron chi connectivity index (χ3n) is 6.01. The van der Waals surface area contributed by atoms with Crippen molar-refractivity contribution in [3.8, 4) is 0 Å². The van der Waals surface area contributed by atoms with Gasteiger partial charge in [-0.2, -0.15) is 0 Å². The maximum absolute atomic E-state index is 9.34. The predicted octanol–water partition coefficient (Wildman–Crippen LogP) is 4.16. The largest absolute Gasteiger partial charge is 0.549 e. The van der Waals surface area contributed by atoms with Gasteiger partial charge in [0.2, 0.25) is 0 Å². The number of rotatable bonds is 0. The Hall–Kier alpha value is 1.05. The standard InChI is InChI=1S/C9H17O.C8H15O2.2V/c1-7-9(4,5)8(2,3)6-10-7;1-7(2)5-10-6(9)8(7,3)4;;/h6-7H,1-5H3;5-6,9H,1-4H3;;/q2*-1;;. The van der Waals surface area contributed by atoms with Gasteiger partial charge in [-0.15, -0.1) is 10.8 Å². The van der Waals surface area contributed by atoms with Gasteiger partial charge in [-0.3, -0.25) is 0 Å². The van der Waals surface area contributed by atoms with Crippen LogP contribution in [-0.4, -0.2) is 17.5 Å². The molecule has 2 saturated heterocycles. The molecule has 0 aromatic carbocycles. The van der Waals surface area contributed by atoms with E-state index in [2.05, 4.69) is 48.5 Å². The summed E-state index contributed by atoms with van der Waals surface area (Å²) >= 11 is 0. The molecular formula is C17H32O3V2-2. The molecule has 3 nitrogen and oxygen atoms in total. The van der Waals surface area contributed by atoms with Crippen LogP contribution < -0.4 is 0 Å². The average molecular weight is 386 g/mol. The molecule has 0 amide bonds. The molecule has 0 saturated carbocycles. The van der Waals surface area contributed by atoms with Crippen molar-refractivity contribution in [3.05, 3.63) is 13.2 Å². The van der Waals surface area contributed by atoms with Gasteiger partial charge in [-0.05, 0) is 17.8 Å². The van der Waals surface area contributed by atoms with E-state index in [9.17, 15) is 5.11 Å². The van der Waals surface area contributed by atoms with Gasteiger partial charge in [-0.1, -0.05) is 55.4 Å². The Labute approximate surface area is 161 Å². The van der Waals surface area contributed by atoms with Gasteiger partial charge in [0, 0.05) is 43.2 Å². The van der Waals surface area contributed by atoms with Crippen molar-refractivity contribution >= 4 is 0 Å². The van der Waals surface area contributed by atoms with Crippen molar-refractivity contribution < 1.29 is 51.7 Å². The minimum atomic E-state index is -0.650. The molecule has 1 N–H and O–H groups in total. The van der Waals surface area contributed by atoms with Crippen LogP contribution in [0.2, 0.25) is 0 Å². The Bertz CT molecular complexity index is 318. The molecule has 2 aliphatic rings. The second kappa shape index (κ2) is 7.95.